The first-order valence-electron chi connectivity index (χ1n) is 8.98. The van der Waals surface area contributed by atoms with Crippen LogP contribution in [0.4, 0.5) is 5.69 Å². The largest absolute Gasteiger partial charge is 0.378 e. The second kappa shape index (κ2) is 7.57. The van der Waals surface area contributed by atoms with Gasteiger partial charge in [-0.2, -0.15) is 0 Å². The first kappa shape index (κ1) is 17.3. The van der Waals surface area contributed by atoms with Crippen LogP contribution in [0, 0.1) is 0 Å². The molecule has 0 radical (unpaired) electrons. The van der Waals surface area contributed by atoms with Crippen LogP contribution in [0.2, 0.25) is 0 Å². The van der Waals surface area contributed by atoms with Gasteiger partial charge in [0.25, 0.3) is 0 Å². The Morgan fingerprint density at radius 1 is 0.720 bits per heavy atom. The Bertz CT molecular complexity index is 768. The summed E-state index contributed by atoms with van der Waals surface area (Å²) in [6.07, 6.45) is 0.964. The van der Waals surface area contributed by atoms with Crippen molar-refractivity contribution >= 4 is 5.69 Å². The second-order valence-corrected chi connectivity index (χ2v) is 7.62. The van der Waals surface area contributed by atoms with Crippen LogP contribution in [-0.2, 0) is 11.8 Å². The molecular formula is C24H27N. The molecule has 0 fully saturated rings. The standard InChI is InChI=1S/C24H27N/c1-24(2,3)21-14-16-22(17-15-21)25-23(20-12-8-5-9-13-20)18-19-10-6-4-7-11-19/h4-17,23,25H,18H2,1-3H3. The van der Waals surface area contributed by atoms with Gasteiger partial charge in [-0.05, 0) is 40.7 Å². The third kappa shape index (κ3) is 4.73. The smallest absolute Gasteiger partial charge is 0.0554 e. The summed E-state index contributed by atoms with van der Waals surface area (Å²) >= 11 is 0. The zero-order valence-corrected chi connectivity index (χ0v) is 15.4. The van der Waals surface area contributed by atoms with E-state index in [9.17, 15) is 0 Å². The molecule has 3 aromatic rings. The van der Waals surface area contributed by atoms with Crippen molar-refractivity contribution in [2.24, 2.45) is 0 Å². The Morgan fingerprint density at radius 2 is 1.28 bits per heavy atom. The topological polar surface area (TPSA) is 12.0 Å². The average molecular weight is 329 g/mol. The minimum atomic E-state index is 0.182. The van der Waals surface area contributed by atoms with Gasteiger partial charge in [0.15, 0.2) is 0 Å². The van der Waals surface area contributed by atoms with Crippen LogP contribution < -0.4 is 5.32 Å². The Morgan fingerprint density at radius 3 is 1.84 bits per heavy atom. The molecule has 1 nitrogen and oxygen atoms in total. The number of rotatable bonds is 5. The van der Waals surface area contributed by atoms with Gasteiger partial charge >= 0.3 is 0 Å². The van der Waals surface area contributed by atoms with Gasteiger partial charge in [-0.25, -0.2) is 0 Å². The fourth-order valence-corrected chi connectivity index (χ4v) is 3.05. The third-order valence-electron chi connectivity index (χ3n) is 4.58. The van der Waals surface area contributed by atoms with E-state index in [4.69, 9.17) is 0 Å². The average Bonchev–Trinajstić information content (AvgIpc) is 2.62. The summed E-state index contributed by atoms with van der Waals surface area (Å²) in [5.41, 5.74) is 5.36. The molecule has 0 aliphatic rings. The van der Waals surface area contributed by atoms with Gasteiger partial charge in [0.1, 0.15) is 0 Å². The van der Waals surface area contributed by atoms with E-state index in [0.717, 1.165) is 12.1 Å². The highest BCUT2D eigenvalue weighted by Crippen LogP contribution is 2.27. The van der Waals surface area contributed by atoms with Crippen LogP contribution in [0.15, 0.2) is 84.9 Å². The molecule has 0 amide bonds. The van der Waals surface area contributed by atoms with Crippen LogP contribution in [0.1, 0.15) is 43.5 Å². The van der Waals surface area contributed by atoms with Crippen LogP contribution in [0.5, 0.6) is 0 Å². The minimum Gasteiger partial charge on any atom is -0.378 e. The van der Waals surface area contributed by atoms with Crippen LogP contribution in [0.25, 0.3) is 0 Å². The quantitative estimate of drug-likeness (QED) is 0.572. The second-order valence-electron chi connectivity index (χ2n) is 7.62. The molecule has 0 aliphatic heterocycles. The molecule has 1 unspecified atom stereocenters. The van der Waals surface area contributed by atoms with E-state index in [0.29, 0.717) is 0 Å². The zero-order chi connectivity index (χ0) is 17.7. The lowest BCUT2D eigenvalue weighted by Gasteiger charge is -2.23. The van der Waals surface area contributed by atoms with Gasteiger partial charge in [-0.3, -0.25) is 0 Å². The molecule has 0 bridgehead atoms. The maximum atomic E-state index is 3.72. The SMILES string of the molecule is CC(C)(C)c1ccc(NC(Cc2ccccc2)c2ccccc2)cc1. The number of hydrogen-bond donors (Lipinski definition) is 1. The first-order valence-corrected chi connectivity index (χ1v) is 8.98. The fourth-order valence-electron chi connectivity index (χ4n) is 3.05. The summed E-state index contributed by atoms with van der Waals surface area (Å²) in [7, 11) is 0. The predicted molar refractivity (Wildman–Crippen MR) is 108 cm³/mol. The first-order chi connectivity index (χ1) is 12.0. The zero-order valence-electron chi connectivity index (χ0n) is 15.4. The Hall–Kier alpha value is -2.54. The molecule has 1 heteroatoms. The maximum Gasteiger partial charge on any atom is 0.0554 e. The Kier molecular flexibility index (Phi) is 5.23. The highest BCUT2D eigenvalue weighted by atomic mass is 14.9. The van der Waals surface area contributed by atoms with Crippen molar-refractivity contribution in [2.75, 3.05) is 5.32 Å². The van der Waals surface area contributed by atoms with Crippen molar-refractivity contribution in [3.8, 4) is 0 Å². The molecule has 0 saturated heterocycles. The Balaban J connectivity index is 1.82. The van der Waals surface area contributed by atoms with Gasteiger partial charge in [-0.1, -0.05) is 93.6 Å². The highest BCUT2D eigenvalue weighted by molar-refractivity contribution is 5.48. The summed E-state index contributed by atoms with van der Waals surface area (Å²) in [6, 6.07) is 30.5. The van der Waals surface area contributed by atoms with E-state index < -0.39 is 0 Å². The van der Waals surface area contributed by atoms with Crippen molar-refractivity contribution in [3.63, 3.8) is 0 Å². The Labute approximate surface area is 151 Å². The van der Waals surface area contributed by atoms with Crippen LogP contribution in [-0.4, -0.2) is 0 Å². The highest BCUT2D eigenvalue weighted by Gasteiger charge is 2.15. The molecule has 0 heterocycles. The van der Waals surface area contributed by atoms with E-state index >= 15 is 0 Å². The van der Waals surface area contributed by atoms with E-state index in [1.54, 1.807) is 0 Å². The van der Waals surface area contributed by atoms with Crippen molar-refractivity contribution in [1.29, 1.82) is 0 Å². The number of anilines is 1. The van der Waals surface area contributed by atoms with Gasteiger partial charge in [-0.15, -0.1) is 0 Å². The molecular weight excluding hydrogens is 302 g/mol. The van der Waals surface area contributed by atoms with Gasteiger partial charge in [0.2, 0.25) is 0 Å². The van der Waals surface area contributed by atoms with E-state index in [1.807, 2.05) is 0 Å². The molecule has 25 heavy (non-hydrogen) atoms. The lowest BCUT2D eigenvalue weighted by molar-refractivity contribution is 0.590. The third-order valence-corrected chi connectivity index (χ3v) is 4.58. The van der Waals surface area contributed by atoms with E-state index in [-0.39, 0.29) is 11.5 Å². The molecule has 3 aromatic carbocycles. The molecule has 1 N–H and O–H groups in total. The molecule has 0 aliphatic carbocycles. The van der Waals surface area contributed by atoms with Crippen molar-refractivity contribution < 1.29 is 0 Å². The molecule has 1 atom stereocenters. The predicted octanol–water partition coefficient (Wildman–Crippen LogP) is 6.38. The number of benzene rings is 3. The summed E-state index contributed by atoms with van der Waals surface area (Å²) in [5.74, 6) is 0. The summed E-state index contributed by atoms with van der Waals surface area (Å²) in [5, 5.41) is 3.72. The molecule has 128 valence electrons. The van der Waals surface area contributed by atoms with Gasteiger partial charge in [0, 0.05) is 5.69 Å². The summed E-state index contributed by atoms with van der Waals surface area (Å²) in [6.45, 7) is 6.74. The lowest BCUT2D eigenvalue weighted by Crippen LogP contribution is -2.14. The number of hydrogen-bond acceptors (Lipinski definition) is 1. The monoisotopic (exact) mass is 329 g/mol. The van der Waals surface area contributed by atoms with Gasteiger partial charge in [0.05, 0.1) is 6.04 Å². The van der Waals surface area contributed by atoms with Crippen LogP contribution in [0.3, 0.4) is 0 Å². The molecule has 0 spiro atoms. The van der Waals surface area contributed by atoms with Crippen molar-refractivity contribution in [2.45, 2.75) is 38.6 Å². The minimum absolute atomic E-state index is 0.182. The molecule has 3 rings (SSSR count). The van der Waals surface area contributed by atoms with Crippen molar-refractivity contribution in [1.82, 2.24) is 0 Å². The normalized spacial score (nSPS) is 12.6. The summed E-state index contributed by atoms with van der Waals surface area (Å²) in [4.78, 5) is 0. The van der Waals surface area contributed by atoms with Crippen LogP contribution >= 0.6 is 0 Å². The number of nitrogens with one attached hydrogen (secondary N) is 1. The van der Waals surface area contributed by atoms with E-state index in [1.165, 1.54) is 16.7 Å². The lowest BCUT2D eigenvalue weighted by atomic mass is 9.87. The summed E-state index contributed by atoms with van der Waals surface area (Å²) < 4.78 is 0. The molecule has 0 saturated carbocycles. The fraction of sp³-hybridized carbons (Fsp3) is 0.250. The van der Waals surface area contributed by atoms with Gasteiger partial charge < -0.3 is 5.32 Å². The van der Waals surface area contributed by atoms with E-state index in [2.05, 4.69) is 111 Å². The molecule has 0 aromatic heterocycles. The maximum absolute atomic E-state index is 3.72. The van der Waals surface area contributed by atoms with Crippen molar-refractivity contribution in [3.05, 3.63) is 102 Å².